The second-order valence-corrected chi connectivity index (χ2v) is 8.49. The molecular formula is C23H25FN4O3S. The summed E-state index contributed by atoms with van der Waals surface area (Å²) in [7, 11) is 0. The van der Waals surface area contributed by atoms with Crippen molar-refractivity contribution in [3.63, 3.8) is 0 Å². The summed E-state index contributed by atoms with van der Waals surface area (Å²) in [6.45, 7) is 6.26. The Morgan fingerprint density at radius 1 is 1.44 bits per heavy atom. The number of nitrogens with one attached hydrogen (secondary N) is 2. The average Bonchev–Trinajstić information content (AvgIpc) is 3.03. The number of ether oxygens (including phenoxy) is 1. The number of halogens is 1. The lowest BCUT2D eigenvalue weighted by molar-refractivity contribution is 0.143. The maximum atomic E-state index is 14.9. The molecule has 0 radical (unpaired) electrons. The first-order valence-corrected chi connectivity index (χ1v) is 10.6. The molecule has 7 nitrogen and oxygen atoms in total. The van der Waals surface area contributed by atoms with Crippen molar-refractivity contribution in [2.24, 2.45) is 5.92 Å². The van der Waals surface area contributed by atoms with Crippen LogP contribution in [0.2, 0.25) is 0 Å². The van der Waals surface area contributed by atoms with Crippen LogP contribution in [0, 0.1) is 23.1 Å². The smallest absolute Gasteiger partial charge is 0.414 e. The molecule has 1 saturated heterocycles. The second kappa shape index (κ2) is 9.94. The number of hydrogen-bond acceptors (Lipinski definition) is 6. The van der Waals surface area contributed by atoms with Crippen LogP contribution in [-0.4, -0.2) is 41.5 Å². The van der Waals surface area contributed by atoms with Crippen molar-refractivity contribution in [1.29, 1.82) is 5.26 Å². The van der Waals surface area contributed by atoms with E-state index in [0.29, 0.717) is 28.5 Å². The summed E-state index contributed by atoms with van der Waals surface area (Å²) in [5, 5.41) is 25.8. The van der Waals surface area contributed by atoms with Crippen molar-refractivity contribution >= 4 is 34.7 Å². The maximum absolute atomic E-state index is 14.9. The van der Waals surface area contributed by atoms with Crippen LogP contribution in [0.5, 0.6) is 0 Å². The van der Waals surface area contributed by atoms with E-state index in [1.807, 2.05) is 13.8 Å². The van der Waals surface area contributed by atoms with Gasteiger partial charge in [0.15, 0.2) is 0 Å². The number of rotatable bonds is 6. The highest BCUT2D eigenvalue weighted by atomic mass is 32.1. The predicted molar refractivity (Wildman–Crippen MR) is 125 cm³/mol. The number of aliphatic hydroxyl groups is 1. The molecule has 3 rings (SSSR count). The molecular weight excluding hydrogens is 431 g/mol. The molecule has 9 heteroatoms. The van der Waals surface area contributed by atoms with Gasteiger partial charge in [-0.25, -0.2) is 9.18 Å². The van der Waals surface area contributed by atoms with Crippen molar-refractivity contribution in [3.05, 3.63) is 59.1 Å². The number of nitrogens with zero attached hydrogens (tertiary/aromatic N) is 2. The molecule has 3 N–H and O–H groups in total. The third kappa shape index (κ3) is 5.33. The van der Waals surface area contributed by atoms with Crippen LogP contribution in [0.15, 0.2) is 53.3 Å². The molecule has 1 heterocycles. The van der Waals surface area contributed by atoms with Crippen LogP contribution in [0.3, 0.4) is 0 Å². The zero-order chi connectivity index (χ0) is 23.4. The number of cyclic esters (lactones) is 1. The Balaban J connectivity index is 1.76. The molecule has 2 aliphatic rings. The highest BCUT2D eigenvalue weighted by molar-refractivity contribution is 7.80. The highest BCUT2D eigenvalue weighted by Gasteiger charge is 2.32. The number of benzene rings is 1. The van der Waals surface area contributed by atoms with Crippen molar-refractivity contribution in [2.75, 3.05) is 23.3 Å². The van der Waals surface area contributed by atoms with Gasteiger partial charge in [-0.05, 0) is 54.8 Å². The number of thiocarbonyl (C=S) groups is 1. The van der Waals surface area contributed by atoms with E-state index in [9.17, 15) is 19.6 Å². The Labute approximate surface area is 191 Å². The van der Waals surface area contributed by atoms with Crippen LogP contribution in [-0.2, 0) is 4.74 Å². The fraction of sp³-hybridized carbons (Fsp3) is 0.348. The molecule has 1 aliphatic heterocycles. The molecule has 1 fully saturated rings. The van der Waals surface area contributed by atoms with Gasteiger partial charge in [0, 0.05) is 5.70 Å². The molecule has 1 amide bonds. The monoisotopic (exact) mass is 456 g/mol. The van der Waals surface area contributed by atoms with Gasteiger partial charge < -0.3 is 20.5 Å². The Bertz CT molecular complexity index is 1060. The van der Waals surface area contributed by atoms with Gasteiger partial charge in [-0.2, -0.15) is 5.26 Å². The number of aliphatic hydroxyl groups excluding tert-OH is 1. The standard InChI is InChI=1S/C23H25FN4O3S/c1-13(2)18-9-22(29)21(6-4-15(18)10-25)27-20-7-5-16(8-19(20)24)28-12-17(31-23(28)30)11-26-14(3)32/h4-9,13,17,22,27,29H,11-12H2,1-3H3,(H,26,32)/t17-,22?/m0/s1. The van der Waals surface area contributed by atoms with Crippen LogP contribution in [0.1, 0.15) is 20.8 Å². The number of carbonyl (C=O) groups is 1. The maximum Gasteiger partial charge on any atom is 0.414 e. The fourth-order valence-corrected chi connectivity index (χ4v) is 3.55. The van der Waals surface area contributed by atoms with Crippen molar-refractivity contribution in [2.45, 2.75) is 33.0 Å². The Morgan fingerprint density at radius 2 is 2.19 bits per heavy atom. The molecule has 1 aromatic carbocycles. The summed E-state index contributed by atoms with van der Waals surface area (Å²) >= 11 is 4.96. The fourth-order valence-electron chi connectivity index (χ4n) is 3.46. The van der Waals surface area contributed by atoms with Gasteiger partial charge in [-0.15, -0.1) is 0 Å². The summed E-state index contributed by atoms with van der Waals surface area (Å²) in [5.74, 6) is -0.548. The average molecular weight is 457 g/mol. The quantitative estimate of drug-likeness (QED) is 0.560. The first kappa shape index (κ1) is 23.4. The van der Waals surface area contributed by atoms with Crippen LogP contribution in [0.4, 0.5) is 20.6 Å². The van der Waals surface area contributed by atoms with Crippen molar-refractivity contribution in [1.82, 2.24) is 5.32 Å². The van der Waals surface area contributed by atoms with Crippen LogP contribution in [0.25, 0.3) is 0 Å². The van der Waals surface area contributed by atoms with Gasteiger partial charge in [-0.1, -0.05) is 26.1 Å². The summed E-state index contributed by atoms with van der Waals surface area (Å²) in [6, 6.07) is 6.45. The number of carbonyl (C=O) groups excluding carboxylic acids is 1. The molecule has 1 unspecified atom stereocenters. The van der Waals surface area contributed by atoms with Gasteiger partial charge in [-0.3, -0.25) is 4.90 Å². The van der Waals surface area contributed by atoms with Crippen LogP contribution < -0.4 is 15.5 Å². The highest BCUT2D eigenvalue weighted by Crippen LogP contribution is 2.29. The van der Waals surface area contributed by atoms with E-state index < -0.39 is 24.1 Å². The van der Waals surface area contributed by atoms with E-state index in [0.717, 1.165) is 5.57 Å². The SMILES string of the molecule is CC(=S)NC[C@H]1CN(c2ccc(NC3=CC=C(C#N)C(C(C)C)=CC3O)c(F)c2)C(=O)O1. The summed E-state index contributed by atoms with van der Waals surface area (Å²) in [4.78, 5) is 14.2. The Hall–Kier alpha value is -3.22. The minimum atomic E-state index is -1.03. The lowest BCUT2D eigenvalue weighted by Gasteiger charge is -2.18. The molecule has 0 spiro atoms. The topological polar surface area (TPSA) is 97.6 Å². The molecule has 0 bridgehead atoms. The number of anilines is 2. The van der Waals surface area contributed by atoms with Gasteiger partial charge in [0.25, 0.3) is 0 Å². The predicted octanol–water partition coefficient (Wildman–Crippen LogP) is 3.79. The first-order chi connectivity index (χ1) is 15.2. The Kier molecular flexibility index (Phi) is 7.28. The zero-order valence-corrected chi connectivity index (χ0v) is 18.9. The number of amides is 1. The van der Waals surface area contributed by atoms with E-state index in [-0.39, 0.29) is 18.2 Å². The van der Waals surface area contributed by atoms with Crippen molar-refractivity contribution < 1.29 is 19.0 Å². The molecule has 1 aliphatic carbocycles. The van der Waals surface area contributed by atoms with Gasteiger partial charge in [0.1, 0.15) is 18.0 Å². The van der Waals surface area contributed by atoms with E-state index in [4.69, 9.17) is 17.0 Å². The molecule has 2 atom stereocenters. The number of nitriles is 1. The molecule has 0 aromatic heterocycles. The van der Waals surface area contributed by atoms with Crippen molar-refractivity contribution in [3.8, 4) is 6.07 Å². The second-order valence-electron chi connectivity index (χ2n) is 7.88. The molecule has 32 heavy (non-hydrogen) atoms. The lowest BCUT2D eigenvalue weighted by atomic mass is 9.95. The van der Waals surface area contributed by atoms with Gasteiger partial charge >= 0.3 is 6.09 Å². The normalized spacial score (nSPS) is 20.6. The first-order valence-electron chi connectivity index (χ1n) is 10.2. The van der Waals surface area contributed by atoms with E-state index >= 15 is 0 Å². The van der Waals surface area contributed by atoms with E-state index in [1.54, 1.807) is 31.2 Å². The molecule has 1 aromatic rings. The summed E-state index contributed by atoms with van der Waals surface area (Å²) in [6.07, 6.45) is 2.79. The van der Waals surface area contributed by atoms with Gasteiger partial charge in [0.05, 0.1) is 41.1 Å². The minimum Gasteiger partial charge on any atom is -0.442 e. The third-order valence-corrected chi connectivity index (χ3v) is 5.28. The number of allylic oxidation sites excluding steroid dienone is 4. The largest absolute Gasteiger partial charge is 0.442 e. The Morgan fingerprint density at radius 3 is 2.81 bits per heavy atom. The van der Waals surface area contributed by atoms with E-state index in [2.05, 4.69) is 16.7 Å². The summed E-state index contributed by atoms with van der Waals surface area (Å²) in [5.41, 5.74) is 2.01. The zero-order valence-electron chi connectivity index (χ0n) is 18.1. The van der Waals surface area contributed by atoms with Gasteiger partial charge in [0.2, 0.25) is 0 Å². The minimum absolute atomic E-state index is 0.0477. The third-order valence-electron chi connectivity index (χ3n) is 5.14. The lowest BCUT2D eigenvalue weighted by Crippen LogP contribution is -2.32. The summed E-state index contributed by atoms with van der Waals surface area (Å²) < 4.78 is 20.1. The van der Waals surface area contributed by atoms with E-state index in [1.165, 1.54) is 17.0 Å². The van der Waals surface area contributed by atoms with Crippen LogP contribution >= 0.6 is 12.2 Å². The molecule has 168 valence electrons. The molecule has 0 saturated carbocycles. The number of hydrogen-bond donors (Lipinski definition) is 3.